The Bertz CT molecular complexity index is 333. The quantitative estimate of drug-likeness (QED) is 0.832. The van der Waals surface area contributed by atoms with Crippen LogP contribution in [0.25, 0.3) is 0 Å². The highest BCUT2D eigenvalue weighted by atomic mass is 16.2. The van der Waals surface area contributed by atoms with Crippen molar-refractivity contribution < 1.29 is 4.79 Å². The summed E-state index contributed by atoms with van der Waals surface area (Å²) in [5.74, 6) is 1.08. The van der Waals surface area contributed by atoms with Crippen LogP contribution in [0.1, 0.15) is 46.5 Å². The molecule has 2 saturated carbocycles. The van der Waals surface area contributed by atoms with Crippen LogP contribution in [0.15, 0.2) is 0 Å². The van der Waals surface area contributed by atoms with Crippen molar-refractivity contribution in [3.05, 3.63) is 0 Å². The lowest BCUT2D eigenvalue weighted by molar-refractivity contribution is -0.128. The number of nitrogens with one attached hydrogen (secondary N) is 1. The van der Waals surface area contributed by atoms with Gasteiger partial charge in [-0.05, 0) is 36.0 Å². The lowest BCUT2D eigenvalue weighted by Crippen LogP contribution is -2.50. The zero-order valence-corrected chi connectivity index (χ0v) is 12.5. The van der Waals surface area contributed by atoms with Crippen LogP contribution in [0.2, 0.25) is 0 Å². The summed E-state index contributed by atoms with van der Waals surface area (Å²) in [6.45, 7) is 8.03. The second-order valence-electron chi connectivity index (χ2n) is 7.34. The average molecular weight is 252 g/mol. The van der Waals surface area contributed by atoms with E-state index in [1.165, 1.54) is 19.3 Å². The molecule has 0 aliphatic heterocycles. The van der Waals surface area contributed by atoms with Crippen LogP contribution in [0.3, 0.4) is 0 Å². The Balaban J connectivity index is 1.91. The Morgan fingerprint density at radius 3 is 2.50 bits per heavy atom. The predicted octanol–water partition coefficient (Wildman–Crippen LogP) is 2.27. The third-order valence-electron chi connectivity index (χ3n) is 5.46. The smallest absolute Gasteiger partial charge is 0.223 e. The molecule has 18 heavy (non-hydrogen) atoms. The van der Waals surface area contributed by atoms with Gasteiger partial charge in [-0.15, -0.1) is 0 Å². The molecule has 0 aromatic rings. The Hall–Kier alpha value is -0.570. The topological polar surface area (TPSA) is 32.3 Å². The fraction of sp³-hybridized carbons (Fsp3) is 0.933. The summed E-state index contributed by atoms with van der Waals surface area (Å²) < 4.78 is 0. The first kappa shape index (κ1) is 13.9. The van der Waals surface area contributed by atoms with Crippen LogP contribution in [-0.2, 0) is 4.79 Å². The molecule has 3 atom stereocenters. The van der Waals surface area contributed by atoms with Crippen LogP contribution in [-0.4, -0.2) is 37.5 Å². The summed E-state index contributed by atoms with van der Waals surface area (Å²) >= 11 is 0. The molecule has 2 fully saturated rings. The van der Waals surface area contributed by atoms with Gasteiger partial charge >= 0.3 is 0 Å². The monoisotopic (exact) mass is 252 g/mol. The zero-order valence-electron chi connectivity index (χ0n) is 12.5. The van der Waals surface area contributed by atoms with Gasteiger partial charge in [-0.3, -0.25) is 4.79 Å². The SMILES string of the molecule is CN(C)C(=O)CCNC1C(C)(C)[C@H]2CC[C@]1(C)C2. The molecule has 2 aliphatic rings. The van der Waals surface area contributed by atoms with Crippen molar-refractivity contribution in [1.82, 2.24) is 10.2 Å². The van der Waals surface area contributed by atoms with Gasteiger partial charge < -0.3 is 10.2 Å². The third-order valence-corrected chi connectivity index (χ3v) is 5.46. The highest BCUT2D eigenvalue weighted by molar-refractivity contribution is 5.75. The maximum atomic E-state index is 11.6. The Labute approximate surface area is 111 Å². The van der Waals surface area contributed by atoms with E-state index in [1.54, 1.807) is 4.90 Å². The molecule has 0 radical (unpaired) electrons. The van der Waals surface area contributed by atoms with Gasteiger partial charge in [0.15, 0.2) is 0 Å². The van der Waals surface area contributed by atoms with Gasteiger partial charge in [0.1, 0.15) is 0 Å². The maximum Gasteiger partial charge on any atom is 0.223 e. The van der Waals surface area contributed by atoms with E-state index in [9.17, 15) is 4.79 Å². The fourth-order valence-corrected chi connectivity index (χ4v) is 4.36. The second-order valence-corrected chi connectivity index (χ2v) is 7.34. The van der Waals surface area contributed by atoms with Crippen molar-refractivity contribution in [3.63, 3.8) is 0 Å². The summed E-state index contributed by atoms with van der Waals surface area (Å²) in [5, 5.41) is 3.68. The first-order valence-electron chi connectivity index (χ1n) is 7.21. The Morgan fingerprint density at radius 2 is 2.00 bits per heavy atom. The molecule has 1 amide bonds. The first-order valence-corrected chi connectivity index (χ1v) is 7.21. The summed E-state index contributed by atoms with van der Waals surface area (Å²) in [6.07, 6.45) is 4.71. The number of hydrogen-bond donors (Lipinski definition) is 1. The second kappa shape index (κ2) is 4.52. The van der Waals surface area contributed by atoms with Crippen LogP contribution < -0.4 is 5.32 Å². The summed E-state index contributed by atoms with van der Waals surface area (Å²) in [7, 11) is 3.65. The van der Waals surface area contributed by atoms with Crippen molar-refractivity contribution >= 4 is 5.91 Å². The van der Waals surface area contributed by atoms with E-state index in [0.717, 1.165) is 12.5 Å². The summed E-state index contributed by atoms with van der Waals surface area (Å²) in [6, 6.07) is 0.568. The predicted molar refractivity (Wildman–Crippen MR) is 74.3 cm³/mol. The Morgan fingerprint density at radius 1 is 1.33 bits per heavy atom. The summed E-state index contributed by atoms with van der Waals surface area (Å²) in [5.41, 5.74) is 0.837. The molecule has 3 nitrogen and oxygen atoms in total. The van der Waals surface area contributed by atoms with Gasteiger partial charge in [-0.2, -0.15) is 0 Å². The summed E-state index contributed by atoms with van der Waals surface area (Å²) in [4.78, 5) is 13.3. The lowest BCUT2D eigenvalue weighted by atomic mass is 9.68. The molecule has 104 valence electrons. The molecule has 3 heteroatoms. The van der Waals surface area contributed by atoms with Gasteiger partial charge in [0.05, 0.1) is 0 Å². The molecule has 1 unspecified atom stereocenters. The third kappa shape index (κ3) is 2.18. The molecular formula is C15H28N2O. The first-order chi connectivity index (χ1) is 8.27. The van der Waals surface area contributed by atoms with Crippen molar-refractivity contribution in [2.24, 2.45) is 16.7 Å². The highest BCUT2D eigenvalue weighted by Crippen LogP contribution is 2.62. The number of fused-ring (bicyclic) bond motifs is 2. The molecule has 1 N–H and O–H groups in total. The van der Waals surface area contributed by atoms with Gasteiger partial charge in [0, 0.05) is 33.1 Å². The highest BCUT2D eigenvalue weighted by Gasteiger charge is 2.58. The van der Waals surface area contributed by atoms with Crippen molar-refractivity contribution in [2.75, 3.05) is 20.6 Å². The maximum absolute atomic E-state index is 11.6. The number of rotatable bonds is 4. The van der Waals surface area contributed by atoms with Crippen molar-refractivity contribution in [1.29, 1.82) is 0 Å². The lowest BCUT2D eigenvalue weighted by Gasteiger charge is -2.43. The van der Waals surface area contributed by atoms with E-state index in [-0.39, 0.29) is 5.91 Å². The van der Waals surface area contributed by atoms with E-state index in [1.807, 2.05) is 14.1 Å². The number of amides is 1. The minimum atomic E-state index is 0.216. The van der Waals surface area contributed by atoms with E-state index >= 15 is 0 Å². The van der Waals surface area contributed by atoms with Crippen LogP contribution in [0.4, 0.5) is 0 Å². The van der Waals surface area contributed by atoms with Gasteiger partial charge in [0.2, 0.25) is 5.91 Å². The van der Waals surface area contributed by atoms with Crippen LogP contribution in [0.5, 0.6) is 0 Å². The standard InChI is InChI=1S/C15H28N2O/c1-14(2)11-6-8-15(3,10-11)13(14)16-9-7-12(18)17(4)5/h11,13,16H,6-10H2,1-5H3/t11-,13?,15+/m0/s1. The normalized spacial score (nSPS) is 36.9. The van der Waals surface area contributed by atoms with Gasteiger partial charge in [-0.25, -0.2) is 0 Å². The average Bonchev–Trinajstić information content (AvgIpc) is 2.73. The number of carbonyl (C=O) groups is 1. The largest absolute Gasteiger partial charge is 0.349 e. The van der Waals surface area contributed by atoms with Gasteiger partial charge in [-0.1, -0.05) is 20.8 Å². The number of hydrogen-bond acceptors (Lipinski definition) is 2. The molecule has 0 aromatic carbocycles. The molecule has 2 bridgehead atoms. The molecule has 0 spiro atoms. The van der Waals surface area contributed by atoms with Crippen molar-refractivity contribution in [2.45, 2.75) is 52.5 Å². The van der Waals surface area contributed by atoms with Crippen molar-refractivity contribution in [3.8, 4) is 0 Å². The minimum Gasteiger partial charge on any atom is -0.349 e. The fourth-order valence-electron chi connectivity index (χ4n) is 4.36. The molecule has 0 heterocycles. The Kier molecular flexibility index (Phi) is 3.48. The molecular weight excluding hydrogens is 224 g/mol. The molecule has 2 rings (SSSR count). The van der Waals surface area contributed by atoms with E-state index in [0.29, 0.717) is 23.3 Å². The van der Waals surface area contributed by atoms with E-state index in [4.69, 9.17) is 0 Å². The van der Waals surface area contributed by atoms with Crippen LogP contribution >= 0.6 is 0 Å². The number of carbonyl (C=O) groups excluding carboxylic acids is 1. The number of nitrogens with zero attached hydrogens (tertiary/aromatic N) is 1. The molecule has 0 saturated heterocycles. The van der Waals surface area contributed by atoms with E-state index < -0.39 is 0 Å². The minimum absolute atomic E-state index is 0.216. The zero-order chi connectivity index (χ0) is 13.6. The van der Waals surface area contributed by atoms with Crippen LogP contribution in [0, 0.1) is 16.7 Å². The van der Waals surface area contributed by atoms with E-state index in [2.05, 4.69) is 26.1 Å². The molecule has 2 aliphatic carbocycles. The molecule has 0 aromatic heterocycles. The van der Waals surface area contributed by atoms with Gasteiger partial charge in [0.25, 0.3) is 0 Å².